The molecule has 3 nitrogen and oxygen atoms in total. The van der Waals surface area contributed by atoms with Gasteiger partial charge >= 0.3 is 16.5 Å². The van der Waals surface area contributed by atoms with Crippen LogP contribution in [0.25, 0.3) is 11.5 Å². The fourth-order valence-electron chi connectivity index (χ4n) is 1.04. The zero-order valence-electron chi connectivity index (χ0n) is 6.51. The fourth-order valence-corrected chi connectivity index (χ4v) is 1.38. The van der Waals surface area contributed by atoms with E-state index in [-0.39, 0.29) is 0 Å². The van der Waals surface area contributed by atoms with E-state index in [2.05, 4.69) is 9.97 Å². The average molecular weight is 172 g/mol. The van der Waals surface area contributed by atoms with Crippen LogP contribution in [0.5, 0.6) is 0 Å². The van der Waals surface area contributed by atoms with E-state index < -0.39 is 0 Å². The Labute approximate surface area is 78.7 Å². The Hall–Kier alpha value is -1.11. The van der Waals surface area contributed by atoms with Crippen molar-refractivity contribution in [1.29, 1.82) is 0 Å². The summed E-state index contributed by atoms with van der Waals surface area (Å²) in [6.45, 7) is 0. The van der Waals surface area contributed by atoms with E-state index in [0.717, 1.165) is 11.5 Å². The van der Waals surface area contributed by atoms with Gasteiger partial charge in [-0.2, -0.15) is 0 Å². The Morgan fingerprint density at radius 3 is 2.67 bits per heavy atom. The fraction of sp³-hybridized carbons (Fsp3) is 0. The number of nitrogens with zero attached hydrogens (tertiary/aromatic N) is 3. The molecule has 2 aromatic rings. The smallest absolute Gasteiger partial charge is 0.351 e. The van der Waals surface area contributed by atoms with Crippen LogP contribution in [0, 0.1) is 0 Å². The quantitative estimate of drug-likeness (QED) is 0.590. The second-order valence-electron chi connectivity index (χ2n) is 2.44. The number of rotatable bonds is 1. The lowest BCUT2D eigenvalue weighted by Gasteiger charge is -1.99. The highest BCUT2D eigenvalue weighted by Crippen LogP contribution is 2.10. The predicted molar refractivity (Wildman–Crippen MR) is 48.0 cm³/mol. The van der Waals surface area contributed by atoms with Crippen LogP contribution in [0.4, 0.5) is 0 Å². The van der Waals surface area contributed by atoms with Crippen molar-refractivity contribution >= 4 is 16.5 Å². The maximum atomic E-state index is 4.20. The average Bonchev–Trinajstić information content (AvgIpc) is 2.53. The molecule has 0 spiro atoms. The molecule has 0 saturated heterocycles. The Balaban J connectivity index is 2.51. The summed E-state index contributed by atoms with van der Waals surface area (Å²) in [5, 5.41) is 0. The van der Waals surface area contributed by atoms with Gasteiger partial charge < -0.3 is 3.55 Å². The Bertz CT molecular complexity index is 369. The highest BCUT2D eigenvalue weighted by molar-refractivity contribution is 6.08. The standard InChI is InChI=1S/C8H6N3.Al.H/c1-2-4-9-7(3-1)8-10-5-6-11-8;;/h1-6H;;/q-1;+1;. The van der Waals surface area contributed by atoms with Crippen molar-refractivity contribution < 1.29 is 0 Å². The summed E-state index contributed by atoms with van der Waals surface area (Å²) in [5.41, 5.74) is 0.914. The molecule has 2 rings (SSSR count). The Kier molecular flexibility index (Phi) is 1.95. The molecule has 0 fully saturated rings. The highest BCUT2D eigenvalue weighted by Gasteiger charge is 2.00. The summed E-state index contributed by atoms with van der Waals surface area (Å²) in [7, 11) is 0. The molecular weight excluding hydrogens is 165 g/mol. The zero-order valence-corrected chi connectivity index (χ0v) is 7.93. The van der Waals surface area contributed by atoms with Crippen LogP contribution in [0.3, 0.4) is 0 Å². The lowest BCUT2D eigenvalue weighted by atomic mass is 10.3. The first kappa shape index (κ1) is 7.54. The molecule has 1 radical (unpaired) electrons. The molecule has 0 aromatic carbocycles. The summed E-state index contributed by atoms with van der Waals surface area (Å²) in [6.07, 6.45) is 5.46. The van der Waals surface area contributed by atoms with Gasteiger partial charge in [-0.3, -0.25) is 4.98 Å². The van der Waals surface area contributed by atoms with E-state index in [1.165, 1.54) is 0 Å². The van der Waals surface area contributed by atoms with E-state index in [9.17, 15) is 0 Å². The van der Waals surface area contributed by atoms with Gasteiger partial charge in [-0.25, -0.2) is 4.98 Å². The van der Waals surface area contributed by atoms with Crippen LogP contribution in [0.15, 0.2) is 36.8 Å². The molecule has 57 valence electrons. The van der Waals surface area contributed by atoms with Gasteiger partial charge in [0.2, 0.25) is 0 Å². The maximum absolute atomic E-state index is 4.20. The van der Waals surface area contributed by atoms with Crippen LogP contribution in [0.2, 0.25) is 0 Å². The van der Waals surface area contributed by atoms with Gasteiger partial charge in [0, 0.05) is 12.4 Å². The summed E-state index contributed by atoms with van der Waals surface area (Å²) < 4.78 is 1.97. The monoisotopic (exact) mass is 172 g/mol. The van der Waals surface area contributed by atoms with E-state index in [1.54, 1.807) is 28.9 Å². The van der Waals surface area contributed by atoms with Crippen molar-refractivity contribution in [3.63, 3.8) is 0 Å². The topological polar surface area (TPSA) is 30.7 Å². The molecule has 0 unspecified atom stereocenters. The number of imidazole rings is 1. The van der Waals surface area contributed by atoms with Crippen LogP contribution in [0.1, 0.15) is 0 Å². The van der Waals surface area contributed by atoms with Crippen molar-refractivity contribution in [2.24, 2.45) is 0 Å². The van der Waals surface area contributed by atoms with Gasteiger partial charge in [-0.05, 0) is 18.3 Å². The van der Waals surface area contributed by atoms with Crippen molar-refractivity contribution in [1.82, 2.24) is 13.5 Å². The molecular formula is C8H7AlN3. The van der Waals surface area contributed by atoms with Gasteiger partial charge in [-0.15, -0.1) is 0 Å². The third-order valence-electron chi connectivity index (χ3n) is 1.61. The molecule has 0 bridgehead atoms. The summed E-state index contributed by atoms with van der Waals surface area (Å²) in [5.74, 6) is 0.911. The highest BCUT2D eigenvalue weighted by atomic mass is 27.1. The zero-order chi connectivity index (χ0) is 8.39. The molecule has 2 heterocycles. The van der Waals surface area contributed by atoms with E-state index >= 15 is 0 Å². The SMILES string of the molecule is [AlH][n]1ccnc1-c1ccccn1. The molecule has 12 heavy (non-hydrogen) atoms. The van der Waals surface area contributed by atoms with Gasteiger partial charge in [0.1, 0.15) is 11.5 Å². The van der Waals surface area contributed by atoms with Gasteiger partial charge in [0.05, 0.1) is 0 Å². The third-order valence-corrected chi connectivity index (χ3v) is 2.12. The molecule has 4 heteroatoms. The van der Waals surface area contributed by atoms with Gasteiger partial charge in [0.25, 0.3) is 0 Å². The second-order valence-corrected chi connectivity index (χ2v) is 3.12. The first-order valence-electron chi connectivity index (χ1n) is 3.63. The van der Waals surface area contributed by atoms with Crippen molar-refractivity contribution in [2.45, 2.75) is 0 Å². The molecule has 0 atom stereocenters. The van der Waals surface area contributed by atoms with Crippen LogP contribution < -0.4 is 0 Å². The number of pyridine rings is 1. The summed E-state index contributed by atoms with van der Waals surface area (Å²) in [6, 6.07) is 5.81. The van der Waals surface area contributed by atoms with Gasteiger partial charge in [0.15, 0.2) is 0 Å². The number of aromatic nitrogens is 3. The molecule has 2 aromatic heterocycles. The number of hydrogen-bond donors (Lipinski definition) is 0. The van der Waals surface area contributed by atoms with E-state index in [4.69, 9.17) is 0 Å². The van der Waals surface area contributed by atoms with E-state index in [0.29, 0.717) is 0 Å². The number of hydrogen-bond acceptors (Lipinski definition) is 2. The lowest BCUT2D eigenvalue weighted by Crippen LogP contribution is -1.94. The van der Waals surface area contributed by atoms with Crippen molar-refractivity contribution in [3.8, 4) is 11.5 Å². The third kappa shape index (κ3) is 1.27. The normalized spacial score (nSPS) is 10.0. The molecule has 0 amide bonds. The van der Waals surface area contributed by atoms with Gasteiger partial charge in [-0.1, -0.05) is 6.07 Å². The minimum Gasteiger partial charge on any atom is -0.435 e. The van der Waals surface area contributed by atoms with Crippen molar-refractivity contribution in [2.75, 3.05) is 0 Å². The minimum atomic E-state index is 0.911. The summed E-state index contributed by atoms with van der Waals surface area (Å²) >= 11 is 1.75. The molecule has 0 saturated carbocycles. The Morgan fingerprint density at radius 1 is 1.17 bits per heavy atom. The van der Waals surface area contributed by atoms with Crippen LogP contribution >= 0.6 is 0 Å². The largest absolute Gasteiger partial charge is 0.435 e. The molecule has 0 aliphatic heterocycles. The summed E-state index contributed by atoms with van der Waals surface area (Å²) in [4.78, 5) is 8.40. The molecule has 0 aliphatic carbocycles. The van der Waals surface area contributed by atoms with Crippen LogP contribution in [-0.2, 0) is 0 Å². The maximum Gasteiger partial charge on any atom is 0.351 e. The molecule has 0 N–H and O–H groups in total. The lowest BCUT2D eigenvalue weighted by molar-refractivity contribution is 1.17. The van der Waals surface area contributed by atoms with E-state index in [1.807, 2.05) is 27.9 Å². The second kappa shape index (κ2) is 3.10. The first-order valence-corrected chi connectivity index (χ1v) is 4.27. The van der Waals surface area contributed by atoms with Crippen molar-refractivity contribution in [3.05, 3.63) is 36.8 Å². The molecule has 0 aliphatic rings. The first-order chi connectivity index (χ1) is 5.88. The Morgan fingerprint density at radius 2 is 2.08 bits per heavy atom. The minimum absolute atomic E-state index is 0.911. The predicted octanol–water partition coefficient (Wildman–Crippen LogP) is 0.609. The van der Waals surface area contributed by atoms with Crippen LogP contribution in [-0.4, -0.2) is 30.0 Å².